The first-order valence-electron chi connectivity index (χ1n) is 10.2. The largest absolute Gasteiger partial charge is 0.383 e. The molecule has 6 heteroatoms. The first-order valence-corrected chi connectivity index (χ1v) is 10.2. The number of aryl methyl sites for hydroxylation is 1. The SMILES string of the molecule is COCC(C)n1c(CCCC(=O)N(C)C2CCCCC2)nc2cccnc21. The van der Waals surface area contributed by atoms with Crippen LogP contribution in [0.25, 0.3) is 11.2 Å². The lowest BCUT2D eigenvalue weighted by Crippen LogP contribution is -2.38. The number of hydrogen-bond donors (Lipinski definition) is 0. The monoisotopic (exact) mass is 372 g/mol. The Morgan fingerprint density at radius 1 is 1.37 bits per heavy atom. The summed E-state index contributed by atoms with van der Waals surface area (Å²) in [4.78, 5) is 23.9. The number of ether oxygens (including phenoxy) is 1. The summed E-state index contributed by atoms with van der Waals surface area (Å²) in [5.41, 5.74) is 1.80. The molecule has 1 fully saturated rings. The lowest BCUT2D eigenvalue weighted by Gasteiger charge is -2.31. The maximum Gasteiger partial charge on any atom is 0.222 e. The first-order chi connectivity index (χ1) is 13.1. The van der Waals surface area contributed by atoms with Crippen molar-refractivity contribution in [2.75, 3.05) is 20.8 Å². The topological polar surface area (TPSA) is 60.2 Å². The van der Waals surface area contributed by atoms with E-state index in [-0.39, 0.29) is 11.9 Å². The standard InChI is InChI=1S/C21H32N4O2/c1-16(15-27-3)25-19(23-18-11-8-14-22-21(18)25)12-7-13-20(26)24(2)17-9-5-4-6-10-17/h8,11,14,16-17H,4-7,9-10,12-13,15H2,1-3H3. The molecule has 0 saturated heterocycles. The number of carbonyl (C=O) groups is 1. The van der Waals surface area contributed by atoms with E-state index in [9.17, 15) is 4.79 Å². The van der Waals surface area contributed by atoms with Crippen molar-refractivity contribution >= 4 is 17.1 Å². The average Bonchev–Trinajstić information content (AvgIpc) is 3.06. The molecule has 27 heavy (non-hydrogen) atoms. The summed E-state index contributed by atoms with van der Waals surface area (Å²) in [5, 5.41) is 0. The smallest absolute Gasteiger partial charge is 0.222 e. The van der Waals surface area contributed by atoms with E-state index in [4.69, 9.17) is 9.72 Å². The number of nitrogens with zero attached hydrogens (tertiary/aromatic N) is 4. The minimum absolute atomic E-state index is 0.158. The van der Waals surface area contributed by atoms with Gasteiger partial charge in [0.2, 0.25) is 5.91 Å². The molecule has 2 aromatic rings. The van der Waals surface area contributed by atoms with Crippen molar-refractivity contribution in [3.8, 4) is 0 Å². The fourth-order valence-electron chi connectivity index (χ4n) is 4.18. The Kier molecular flexibility index (Phi) is 6.83. The van der Waals surface area contributed by atoms with Gasteiger partial charge in [-0.1, -0.05) is 19.3 Å². The molecular formula is C21H32N4O2. The number of methoxy groups -OCH3 is 1. The Labute approximate surface area is 161 Å². The maximum absolute atomic E-state index is 12.6. The molecule has 0 aromatic carbocycles. The third kappa shape index (κ3) is 4.67. The van der Waals surface area contributed by atoms with Crippen LogP contribution in [0.1, 0.15) is 63.7 Å². The van der Waals surface area contributed by atoms with Gasteiger partial charge in [-0.25, -0.2) is 9.97 Å². The van der Waals surface area contributed by atoms with Crippen LogP contribution in [0, 0.1) is 0 Å². The molecule has 1 aliphatic rings. The Balaban J connectivity index is 1.64. The van der Waals surface area contributed by atoms with Crippen LogP contribution >= 0.6 is 0 Å². The Hall–Kier alpha value is -1.95. The molecular weight excluding hydrogens is 340 g/mol. The molecule has 0 radical (unpaired) electrons. The van der Waals surface area contributed by atoms with Crippen LogP contribution in [-0.4, -0.2) is 52.1 Å². The highest BCUT2D eigenvalue weighted by atomic mass is 16.5. The Morgan fingerprint density at radius 2 is 2.15 bits per heavy atom. The molecule has 1 aliphatic carbocycles. The predicted molar refractivity (Wildman–Crippen MR) is 107 cm³/mol. The van der Waals surface area contributed by atoms with Crippen LogP contribution in [-0.2, 0) is 16.0 Å². The summed E-state index contributed by atoms with van der Waals surface area (Å²) in [6.07, 6.45) is 10.1. The molecule has 0 spiro atoms. The Bertz CT molecular complexity index is 752. The van der Waals surface area contributed by atoms with Crippen LogP contribution < -0.4 is 0 Å². The van der Waals surface area contributed by atoms with Gasteiger partial charge in [-0.05, 0) is 38.3 Å². The molecule has 1 atom stereocenters. The van der Waals surface area contributed by atoms with Crippen molar-refractivity contribution in [1.82, 2.24) is 19.4 Å². The number of hydrogen-bond acceptors (Lipinski definition) is 4. The molecule has 148 valence electrons. The molecule has 0 bridgehead atoms. The summed E-state index contributed by atoms with van der Waals surface area (Å²) in [6, 6.07) is 4.49. The normalized spacial score (nSPS) is 16.6. The lowest BCUT2D eigenvalue weighted by molar-refractivity contribution is -0.132. The number of rotatable bonds is 8. The highest BCUT2D eigenvalue weighted by molar-refractivity contribution is 5.76. The third-order valence-corrected chi connectivity index (χ3v) is 5.68. The number of aromatic nitrogens is 3. The summed E-state index contributed by atoms with van der Waals surface area (Å²) >= 11 is 0. The fraction of sp³-hybridized carbons (Fsp3) is 0.667. The van der Waals surface area contributed by atoms with Crippen LogP contribution in [0.2, 0.25) is 0 Å². The highest BCUT2D eigenvalue weighted by Gasteiger charge is 2.22. The second kappa shape index (κ2) is 9.31. The fourth-order valence-corrected chi connectivity index (χ4v) is 4.18. The van der Waals surface area contributed by atoms with Crippen molar-refractivity contribution in [1.29, 1.82) is 0 Å². The number of imidazole rings is 1. The highest BCUT2D eigenvalue weighted by Crippen LogP contribution is 2.23. The van der Waals surface area contributed by atoms with Gasteiger partial charge < -0.3 is 14.2 Å². The van der Waals surface area contributed by atoms with Crippen molar-refractivity contribution in [3.63, 3.8) is 0 Å². The molecule has 6 nitrogen and oxygen atoms in total. The number of fused-ring (bicyclic) bond motifs is 1. The van der Waals surface area contributed by atoms with Gasteiger partial charge >= 0.3 is 0 Å². The van der Waals surface area contributed by atoms with E-state index in [1.165, 1.54) is 19.3 Å². The van der Waals surface area contributed by atoms with E-state index in [0.29, 0.717) is 19.1 Å². The first kappa shape index (κ1) is 19.8. The minimum atomic E-state index is 0.158. The van der Waals surface area contributed by atoms with Crippen molar-refractivity contribution in [2.45, 2.75) is 70.4 Å². The van der Waals surface area contributed by atoms with Crippen LogP contribution in [0.3, 0.4) is 0 Å². The number of pyridine rings is 1. The lowest BCUT2D eigenvalue weighted by atomic mass is 9.94. The second-order valence-corrected chi connectivity index (χ2v) is 7.70. The quantitative estimate of drug-likeness (QED) is 0.708. The number of amides is 1. The minimum Gasteiger partial charge on any atom is -0.383 e. The Morgan fingerprint density at radius 3 is 2.89 bits per heavy atom. The number of carbonyl (C=O) groups excluding carboxylic acids is 1. The molecule has 3 rings (SSSR count). The van der Waals surface area contributed by atoms with Gasteiger partial charge in [-0.3, -0.25) is 4.79 Å². The predicted octanol–water partition coefficient (Wildman–Crippen LogP) is 3.75. The molecule has 1 amide bonds. The van der Waals surface area contributed by atoms with Gasteiger partial charge in [0.15, 0.2) is 5.65 Å². The molecule has 0 aliphatic heterocycles. The zero-order chi connectivity index (χ0) is 19.2. The summed E-state index contributed by atoms with van der Waals surface area (Å²) < 4.78 is 7.50. The summed E-state index contributed by atoms with van der Waals surface area (Å²) in [5.74, 6) is 1.24. The van der Waals surface area contributed by atoms with Gasteiger partial charge in [0.05, 0.1) is 12.6 Å². The van der Waals surface area contributed by atoms with Gasteiger partial charge in [-0.2, -0.15) is 0 Å². The van der Waals surface area contributed by atoms with Crippen LogP contribution in [0.5, 0.6) is 0 Å². The summed E-state index contributed by atoms with van der Waals surface area (Å²) in [7, 11) is 3.68. The zero-order valence-electron chi connectivity index (χ0n) is 16.9. The van der Waals surface area contributed by atoms with E-state index in [0.717, 1.165) is 42.7 Å². The van der Waals surface area contributed by atoms with E-state index in [1.807, 2.05) is 24.1 Å². The molecule has 1 unspecified atom stereocenters. The van der Waals surface area contributed by atoms with Crippen molar-refractivity contribution in [2.24, 2.45) is 0 Å². The van der Waals surface area contributed by atoms with Crippen molar-refractivity contribution < 1.29 is 9.53 Å². The third-order valence-electron chi connectivity index (χ3n) is 5.68. The van der Waals surface area contributed by atoms with Crippen LogP contribution in [0.15, 0.2) is 18.3 Å². The average molecular weight is 373 g/mol. The second-order valence-electron chi connectivity index (χ2n) is 7.70. The van der Waals surface area contributed by atoms with E-state index in [1.54, 1.807) is 13.3 Å². The molecule has 0 N–H and O–H groups in total. The molecule has 2 heterocycles. The van der Waals surface area contributed by atoms with Gasteiger partial charge in [0.1, 0.15) is 11.3 Å². The van der Waals surface area contributed by atoms with E-state index >= 15 is 0 Å². The van der Waals surface area contributed by atoms with Gasteiger partial charge in [0, 0.05) is 39.2 Å². The maximum atomic E-state index is 12.6. The zero-order valence-corrected chi connectivity index (χ0v) is 16.9. The van der Waals surface area contributed by atoms with E-state index < -0.39 is 0 Å². The molecule has 2 aromatic heterocycles. The molecule has 1 saturated carbocycles. The van der Waals surface area contributed by atoms with Gasteiger partial charge in [0.25, 0.3) is 0 Å². The van der Waals surface area contributed by atoms with Gasteiger partial charge in [-0.15, -0.1) is 0 Å². The summed E-state index contributed by atoms with van der Waals surface area (Å²) in [6.45, 7) is 2.73. The van der Waals surface area contributed by atoms with Crippen LogP contribution in [0.4, 0.5) is 0 Å². The van der Waals surface area contributed by atoms with E-state index in [2.05, 4.69) is 16.5 Å². The van der Waals surface area contributed by atoms with Crippen molar-refractivity contribution in [3.05, 3.63) is 24.2 Å².